The molecule has 6 rings (SSSR count). The van der Waals surface area contributed by atoms with Crippen molar-refractivity contribution in [3.05, 3.63) is 120 Å². The van der Waals surface area contributed by atoms with Gasteiger partial charge in [0.1, 0.15) is 0 Å². The van der Waals surface area contributed by atoms with Gasteiger partial charge in [0.2, 0.25) is 0 Å². The first-order chi connectivity index (χ1) is 25.1. The van der Waals surface area contributed by atoms with Gasteiger partial charge in [0, 0.05) is 24.0 Å². The van der Waals surface area contributed by atoms with Gasteiger partial charge in [-0.2, -0.15) is 12.1 Å². The molecule has 0 heterocycles. The third-order valence-corrected chi connectivity index (χ3v) is 20.8. The molecule has 0 atom stereocenters. The molecule has 0 aromatic heterocycles. The number of benzene rings is 4. The first-order valence-electron chi connectivity index (χ1n) is 18.9. The van der Waals surface area contributed by atoms with Crippen LogP contribution in [0, 0.1) is 13.8 Å². The number of hydrogen-bond acceptors (Lipinski definition) is 0. The van der Waals surface area contributed by atoms with E-state index in [1.165, 1.54) is 91.9 Å². The second-order valence-electron chi connectivity index (χ2n) is 13.5. The van der Waals surface area contributed by atoms with Crippen LogP contribution in [0.4, 0.5) is 0 Å². The summed E-state index contributed by atoms with van der Waals surface area (Å²) < 4.78 is 0. The Bertz CT molecular complexity index is 1790. The van der Waals surface area contributed by atoms with Crippen molar-refractivity contribution >= 4 is 73.2 Å². The van der Waals surface area contributed by atoms with E-state index in [1.807, 2.05) is 0 Å². The molecule has 0 saturated heterocycles. The van der Waals surface area contributed by atoms with Crippen LogP contribution in [0.3, 0.4) is 0 Å². The molecule has 0 fully saturated rings. The van der Waals surface area contributed by atoms with Gasteiger partial charge in [-0.3, -0.25) is 0 Å². The molecule has 0 amide bonds. The molecule has 52 heavy (non-hydrogen) atoms. The quantitative estimate of drug-likeness (QED) is 0.0731. The topological polar surface area (TPSA) is 0 Å². The monoisotopic (exact) mass is 862 g/mol. The third kappa shape index (κ3) is 10.9. The third-order valence-electron chi connectivity index (χ3n) is 10.8. The Kier molecular flexibility index (Phi) is 19.3. The Balaban J connectivity index is 0.000000244. The van der Waals surface area contributed by atoms with E-state index >= 15 is 0 Å². The van der Waals surface area contributed by atoms with Crippen LogP contribution in [0.5, 0.6) is 0 Å². The summed E-state index contributed by atoms with van der Waals surface area (Å²) in [5.74, 6) is 0. The van der Waals surface area contributed by atoms with E-state index in [0.717, 1.165) is 9.52 Å². The van der Waals surface area contributed by atoms with Crippen molar-refractivity contribution in [1.82, 2.24) is 0 Å². The summed E-state index contributed by atoms with van der Waals surface area (Å²) in [4.78, 5) is 0. The van der Waals surface area contributed by atoms with Crippen LogP contribution >= 0.6 is 31.6 Å². The van der Waals surface area contributed by atoms with Gasteiger partial charge < -0.3 is 0 Å². The fraction of sp³-hybridized carbons (Fsp3) is 0.348. The van der Waals surface area contributed by atoms with E-state index < -0.39 is 35.4 Å². The first-order valence-corrected chi connectivity index (χ1v) is 31.9. The summed E-state index contributed by atoms with van der Waals surface area (Å²) in [5, 5.41) is 8.68. The Morgan fingerprint density at radius 1 is 0.519 bits per heavy atom. The Morgan fingerprint density at radius 2 is 0.827 bits per heavy atom. The fourth-order valence-corrected chi connectivity index (χ4v) is 14.2. The number of aryl methyl sites for hydroxylation is 2. The number of halogens is 2. The Morgan fingerprint density at radius 3 is 1.13 bits per heavy atom. The van der Waals surface area contributed by atoms with Crippen molar-refractivity contribution in [2.75, 3.05) is 37.0 Å². The van der Waals surface area contributed by atoms with E-state index in [9.17, 15) is 0 Å². The van der Waals surface area contributed by atoms with Gasteiger partial charge in [0.25, 0.3) is 0 Å². The maximum atomic E-state index is 4.93. The SMILES string of the molecule is CC[P+](CC)(CC)c1cccc(-c2cccc3[cH-]c(C)cc23)c1.CC[P+](CC)(CC)c1cccc(-c2cccc3[cH-]c(C)cc23)c1.C[Si]C.[Cl][Zr+2][Cl]. The van der Waals surface area contributed by atoms with E-state index in [2.05, 4.69) is 178 Å². The summed E-state index contributed by atoms with van der Waals surface area (Å²) in [6.45, 7) is 22.9. The van der Waals surface area contributed by atoms with Gasteiger partial charge in [-0.25, -0.2) is 0 Å². The summed E-state index contributed by atoms with van der Waals surface area (Å²) in [6, 6.07) is 41.3. The second-order valence-corrected chi connectivity index (χ2v) is 27.7. The summed E-state index contributed by atoms with van der Waals surface area (Å²) >= 11 is -0.826. The van der Waals surface area contributed by atoms with Gasteiger partial charge in [0.15, 0.2) is 0 Å². The van der Waals surface area contributed by atoms with Gasteiger partial charge in [-0.1, -0.05) is 74.5 Å². The van der Waals surface area contributed by atoms with Gasteiger partial charge in [0.05, 0.1) is 47.6 Å². The minimum absolute atomic E-state index is 0.826. The molecule has 0 aliphatic heterocycles. The van der Waals surface area contributed by atoms with Crippen molar-refractivity contribution in [2.45, 2.75) is 68.5 Å². The van der Waals surface area contributed by atoms with Crippen LogP contribution in [0.25, 0.3) is 43.8 Å². The standard InChI is InChI=1S/2C22H27P.C2H6Si.2ClH.Zr/c2*1-5-23(6-2,7-3)20-12-8-10-19(16-20)21-13-9-11-18-14-17(4)15-22(18)21;1-3-2;;;/h2*8-16H,5-7H2,1-4H3;1-2H3;2*1H;/q;;;;;+4/p-2. The van der Waals surface area contributed by atoms with Crippen molar-refractivity contribution in [3.8, 4) is 22.3 Å². The summed E-state index contributed by atoms with van der Waals surface area (Å²) in [6.07, 6.45) is 7.85. The van der Waals surface area contributed by atoms with Crippen LogP contribution in [0.1, 0.15) is 52.7 Å². The number of hydrogen-bond donors (Lipinski definition) is 0. The van der Waals surface area contributed by atoms with Crippen LogP contribution in [0.15, 0.2) is 109 Å². The zero-order valence-electron chi connectivity index (χ0n) is 33.3. The fourth-order valence-electron chi connectivity index (χ4n) is 7.65. The Labute approximate surface area is 339 Å². The molecule has 6 aromatic carbocycles. The molecule has 0 N–H and O–H groups in total. The van der Waals surface area contributed by atoms with Crippen molar-refractivity contribution in [2.24, 2.45) is 0 Å². The molecule has 6 heteroatoms. The molecule has 0 bridgehead atoms. The normalized spacial score (nSPS) is 11.2. The van der Waals surface area contributed by atoms with Gasteiger partial charge in [-0.05, 0) is 76.9 Å². The molecule has 0 saturated carbocycles. The average Bonchev–Trinajstić information content (AvgIpc) is 3.75. The average molecular weight is 865 g/mol. The molecule has 274 valence electrons. The molecule has 6 aromatic rings. The molecule has 0 aliphatic rings. The predicted octanol–water partition coefficient (Wildman–Crippen LogP) is 14.6. The van der Waals surface area contributed by atoms with Crippen molar-refractivity contribution in [1.29, 1.82) is 0 Å². The first kappa shape index (κ1) is 45.0. The number of rotatable bonds is 10. The van der Waals surface area contributed by atoms with Crippen molar-refractivity contribution < 1.29 is 20.8 Å². The zero-order valence-corrected chi connectivity index (χ0v) is 40.0. The Hall–Kier alpha value is -1.36. The predicted molar refractivity (Wildman–Crippen MR) is 245 cm³/mol. The van der Waals surface area contributed by atoms with Crippen LogP contribution in [0.2, 0.25) is 13.1 Å². The minimum atomic E-state index is -0.994. The zero-order chi connectivity index (χ0) is 38.3. The van der Waals surface area contributed by atoms with Gasteiger partial charge in [-0.15, -0.1) is 69.1 Å². The van der Waals surface area contributed by atoms with Crippen LogP contribution in [-0.2, 0) is 20.8 Å². The maximum absolute atomic E-state index is 4.93. The van der Waals surface area contributed by atoms with E-state index in [1.54, 1.807) is 10.6 Å². The molecule has 0 unspecified atom stereocenters. The molecule has 0 spiro atoms. The van der Waals surface area contributed by atoms with Crippen LogP contribution < -0.4 is 10.6 Å². The summed E-state index contributed by atoms with van der Waals surface area (Å²) in [7, 11) is 8.96. The summed E-state index contributed by atoms with van der Waals surface area (Å²) in [5.41, 5.74) is 8.19. The molecule has 0 nitrogen and oxygen atoms in total. The van der Waals surface area contributed by atoms with E-state index in [-0.39, 0.29) is 0 Å². The molecule has 0 aliphatic carbocycles. The van der Waals surface area contributed by atoms with Crippen LogP contribution in [-0.4, -0.2) is 46.5 Å². The van der Waals surface area contributed by atoms with E-state index in [4.69, 9.17) is 17.0 Å². The number of fused-ring (bicyclic) bond motifs is 2. The van der Waals surface area contributed by atoms with E-state index in [0.29, 0.717) is 0 Å². The molecular formula is C46H60Cl2P2SiZr+2. The van der Waals surface area contributed by atoms with Crippen molar-refractivity contribution in [3.63, 3.8) is 0 Å². The van der Waals surface area contributed by atoms with Gasteiger partial charge >= 0.3 is 37.9 Å². The molecular weight excluding hydrogens is 805 g/mol. The second kappa shape index (κ2) is 22.3. The molecule has 2 radical (unpaired) electrons.